The molecule has 165 valence electrons. The molecule has 31 heavy (non-hydrogen) atoms. The van der Waals surface area contributed by atoms with E-state index in [1.54, 1.807) is 7.11 Å². The first kappa shape index (κ1) is 21.6. The summed E-state index contributed by atoms with van der Waals surface area (Å²) < 4.78 is 24.8. The lowest BCUT2D eigenvalue weighted by atomic mass is 9.91. The van der Waals surface area contributed by atoms with E-state index in [0.29, 0.717) is 12.5 Å². The standard InChI is InChI=1S/C25H31FN3O2/c1-3-18-6-9-23(24(16-18)30-2)31-15-5-4-12-29-13-10-19(11-14-29)25-21-8-7-20(26)17-22(21)27-28-25/h3,6-9,16-17,19H,4-5,10-15H2,1-2H3,(H,27,28). The average Bonchev–Trinajstić information content (AvgIpc) is 3.22. The van der Waals surface area contributed by atoms with Crippen molar-refractivity contribution < 1.29 is 13.9 Å². The van der Waals surface area contributed by atoms with Gasteiger partial charge in [0.05, 0.1) is 24.9 Å². The molecule has 1 N–H and O–H groups in total. The fourth-order valence-corrected chi connectivity index (χ4v) is 4.36. The minimum absolute atomic E-state index is 0.226. The molecule has 1 aliphatic heterocycles. The number of piperidine rings is 1. The Morgan fingerprint density at radius 1 is 1.13 bits per heavy atom. The number of halogens is 1. The van der Waals surface area contributed by atoms with E-state index in [1.807, 2.05) is 37.6 Å². The van der Waals surface area contributed by atoms with Crippen molar-refractivity contribution in [1.82, 2.24) is 15.1 Å². The third-order valence-corrected chi connectivity index (χ3v) is 6.18. The van der Waals surface area contributed by atoms with Crippen LogP contribution in [0.25, 0.3) is 10.9 Å². The van der Waals surface area contributed by atoms with Crippen LogP contribution in [0.3, 0.4) is 0 Å². The van der Waals surface area contributed by atoms with Crippen LogP contribution in [0.5, 0.6) is 11.5 Å². The Hall–Kier alpha value is -2.60. The molecule has 4 rings (SSSR count). The molecular weight excluding hydrogens is 393 g/mol. The quantitative estimate of drug-likeness (QED) is 0.472. The van der Waals surface area contributed by atoms with Crippen molar-refractivity contribution >= 4 is 10.9 Å². The van der Waals surface area contributed by atoms with Gasteiger partial charge in [-0.25, -0.2) is 4.39 Å². The highest BCUT2D eigenvalue weighted by atomic mass is 19.1. The first-order valence-electron chi connectivity index (χ1n) is 11.1. The summed E-state index contributed by atoms with van der Waals surface area (Å²) in [4.78, 5) is 2.53. The third-order valence-electron chi connectivity index (χ3n) is 6.18. The Labute approximate surface area is 183 Å². The largest absolute Gasteiger partial charge is 0.493 e. The van der Waals surface area contributed by atoms with E-state index >= 15 is 0 Å². The normalized spacial score (nSPS) is 15.5. The molecule has 1 saturated heterocycles. The molecule has 1 aliphatic rings. The van der Waals surface area contributed by atoms with Crippen molar-refractivity contribution in [2.24, 2.45) is 0 Å². The summed E-state index contributed by atoms with van der Waals surface area (Å²) in [5.74, 6) is 1.80. The zero-order valence-electron chi connectivity index (χ0n) is 18.4. The Morgan fingerprint density at radius 2 is 1.97 bits per heavy atom. The van der Waals surface area contributed by atoms with Crippen LogP contribution >= 0.6 is 0 Å². The number of ether oxygens (including phenoxy) is 2. The van der Waals surface area contributed by atoms with Crippen LogP contribution in [0, 0.1) is 12.2 Å². The number of likely N-dealkylation sites (tertiary alicyclic amines) is 1. The number of nitrogens with one attached hydrogen (secondary N) is 1. The van der Waals surface area contributed by atoms with Crippen molar-refractivity contribution in [3.63, 3.8) is 0 Å². The smallest absolute Gasteiger partial charge is 0.161 e. The van der Waals surface area contributed by atoms with Gasteiger partial charge in [-0.2, -0.15) is 5.10 Å². The van der Waals surface area contributed by atoms with Crippen LogP contribution in [0.1, 0.15) is 49.8 Å². The number of hydrogen-bond acceptors (Lipinski definition) is 4. The summed E-state index contributed by atoms with van der Waals surface area (Å²) in [6.07, 6.45) is 6.35. The molecule has 2 heterocycles. The molecule has 0 amide bonds. The van der Waals surface area contributed by atoms with E-state index in [0.717, 1.165) is 79.0 Å². The van der Waals surface area contributed by atoms with E-state index in [2.05, 4.69) is 15.1 Å². The fraction of sp³-hybridized carbons (Fsp3) is 0.440. The minimum Gasteiger partial charge on any atom is -0.493 e. The third kappa shape index (κ3) is 5.18. The van der Waals surface area contributed by atoms with Gasteiger partial charge in [0.25, 0.3) is 0 Å². The molecule has 5 nitrogen and oxygen atoms in total. The van der Waals surface area contributed by atoms with Gasteiger partial charge in [-0.1, -0.05) is 13.0 Å². The van der Waals surface area contributed by atoms with E-state index in [-0.39, 0.29) is 5.82 Å². The van der Waals surface area contributed by atoms with Gasteiger partial charge in [-0.05, 0) is 87.6 Å². The number of aromatic amines is 1. The van der Waals surface area contributed by atoms with E-state index in [9.17, 15) is 4.39 Å². The minimum atomic E-state index is -0.226. The maximum Gasteiger partial charge on any atom is 0.161 e. The zero-order chi connectivity index (χ0) is 21.6. The van der Waals surface area contributed by atoms with Crippen molar-refractivity contribution in [3.05, 3.63) is 59.9 Å². The molecule has 3 aromatic rings. The molecule has 6 heteroatoms. The zero-order valence-corrected chi connectivity index (χ0v) is 18.4. The Morgan fingerprint density at radius 3 is 2.74 bits per heavy atom. The SMILES string of the molecule is C[CH]c1ccc(OCCCCN2CCC(c3n[nH]c4cc(F)ccc34)CC2)c(OC)c1. The molecule has 1 aromatic heterocycles. The Bertz CT molecular complexity index is 996. The average molecular weight is 425 g/mol. The fourth-order valence-electron chi connectivity index (χ4n) is 4.36. The summed E-state index contributed by atoms with van der Waals surface area (Å²) >= 11 is 0. The number of rotatable bonds is 9. The number of H-pyrrole nitrogens is 1. The lowest BCUT2D eigenvalue weighted by Crippen LogP contribution is -2.34. The molecule has 0 atom stereocenters. The number of nitrogens with zero attached hydrogens (tertiary/aromatic N) is 2. The number of aromatic nitrogens is 2. The monoisotopic (exact) mass is 424 g/mol. The molecule has 0 spiro atoms. The molecular formula is C25H31FN3O2. The first-order valence-corrected chi connectivity index (χ1v) is 11.1. The van der Waals surface area contributed by atoms with Crippen LogP contribution in [0.15, 0.2) is 36.4 Å². The van der Waals surface area contributed by atoms with Crippen molar-refractivity contribution in [1.29, 1.82) is 0 Å². The molecule has 1 radical (unpaired) electrons. The second-order valence-corrected chi connectivity index (χ2v) is 8.17. The van der Waals surface area contributed by atoms with Crippen molar-refractivity contribution in [2.45, 2.75) is 38.5 Å². The van der Waals surface area contributed by atoms with Crippen LogP contribution in [-0.2, 0) is 0 Å². The van der Waals surface area contributed by atoms with E-state index in [4.69, 9.17) is 9.47 Å². The Kier molecular flexibility index (Phi) is 7.07. The summed E-state index contributed by atoms with van der Waals surface area (Å²) in [6, 6.07) is 10.9. The van der Waals surface area contributed by atoms with Crippen LogP contribution in [0.2, 0.25) is 0 Å². The van der Waals surface area contributed by atoms with Gasteiger partial charge in [0.2, 0.25) is 0 Å². The number of benzene rings is 2. The molecule has 1 fully saturated rings. The number of fused-ring (bicyclic) bond motifs is 1. The molecule has 0 saturated carbocycles. The van der Waals surface area contributed by atoms with Crippen LogP contribution < -0.4 is 9.47 Å². The van der Waals surface area contributed by atoms with Gasteiger partial charge < -0.3 is 14.4 Å². The van der Waals surface area contributed by atoms with Gasteiger partial charge in [0.15, 0.2) is 11.5 Å². The predicted octanol–water partition coefficient (Wildman–Crippen LogP) is 5.32. The maximum atomic E-state index is 13.4. The van der Waals surface area contributed by atoms with E-state index < -0.39 is 0 Å². The molecule has 0 bridgehead atoms. The lowest BCUT2D eigenvalue weighted by Gasteiger charge is -2.31. The van der Waals surface area contributed by atoms with Crippen molar-refractivity contribution in [2.75, 3.05) is 33.4 Å². The maximum absolute atomic E-state index is 13.4. The second-order valence-electron chi connectivity index (χ2n) is 8.17. The summed E-state index contributed by atoms with van der Waals surface area (Å²) in [5.41, 5.74) is 3.00. The highest BCUT2D eigenvalue weighted by Gasteiger charge is 2.24. The van der Waals surface area contributed by atoms with Gasteiger partial charge in [-0.3, -0.25) is 5.10 Å². The molecule has 0 aliphatic carbocycles. The summed E-state index contributed by atoms with van der Waals surface area (Å²) in [7, 11) is 1.68. The topological polar surface area (TPSA) is 50.4 Å². The predicted molar refractivity (Wildman–Crippen MR) is 121 cm³/mol. The van der Waals surface area contributed by atoms with E-state index in [1.165, 1.54) is 12.1 Å². The summed E-state index contributed by atoms with van der Waals surface area (Å²) in [5, 5.41) is 8.53. The summed E-state index contributed by atoms with van der Waals surface area (Å²) in [6.45, 7) is 5.94. The van der Waals surface area contributed by atoms with Crippen LogP contribution in [0.4, 0.5) is 4.39 Å². The van der Waals surface area contributed by atoms with Gasteiger partial charge >= 0.3 is 0 Å². The number of hydrogen-bond donors (Lipinski definition) is 1. The first-order chi connectivity index (χ1) is 15.2. The number of methoxy groups -OCH3 is 1. The molecule has 0 unspecified atom stereocenters. The second kappa shape index (κ2) is 10.1. The van der Waals surface area contributed by atoms with Gasteiger partial charge in [-0.15, -0.1) is 0 Å². The lowest BCUT2D eigenvalue weighted by molar-refractivity contribution is 0.200. The molecule has 2 aromatic carbocycles. The highest BCUT2D eigenvalue weighted by molar-refractivity contribution is 5.81. The van der Waals surface area contributed by atoms with Gasteiger partial charge in [0, 0.05) is 11.3 Å². The Balaban J connectivity index is 1.19. The van der Waals surface area contributed by atoms with Crippen molar-refractivity contribution in [3.8, 4) is 11.5 Å². The van der Waals surface area contributed by atoms with Gasteiger partial charge in [0.1, 0.15) is 5.82 Å². The highest BCUT2D eigenvalue weighted by Crippen LogP contribution is 2.32. The number of unbranched alkanes of at least 4 members (excludes halogenated alkanes) is 1. The van der Waals surface area contributed by atoms with Crippen LogP contribution in [-0.4, -0.2) is 48.4 Å².